The molecule has 3 unspecified atom stereocenters. The van der Waals surface area contributed by atoms with E-state index < -0.39 is 16.5 Å². The Morgan fingerprint density at radius 3 is 2.47 bits per heavy atom. The summed E-state index contributed by atoms with van der Waals surface area (Å²) in [6.07, 6.45) is 1.18. The molecule has 5 nitrogen and oxygen atoms in total. The van der Waals surface area contributed by atoms with E-state index in [-0.39, 0.29) is 18.6 Å². The van der Waals surface area contributed by atoms with Crippen molar-refractivity contribution < 1.29 is 14.6 Å². The molecule has 0 aromatic rings. The molecule has 1 aliphatic rings. The van der Waals surface area contributed by atoms with Crippen LogP contribution in [0.25, 0.3) is 0 Å². The van der Waals surface area contributed by atoms with Crippen LogP contribution < -0.4 is 11.1 Å². The van der Waals surface area contributed by atoms with Crippen molar-refractivity contribution >= 4 is 5.91 Å². The highest BCUT2D eigenvalue weighted by molar-refractivity contribution is 5.89. The van der Waals surface area contributed by atoms with E-state index in [4.69, 9.17) is 10.5 Å². The molecule has 1 amide bonds. The normalized spacial score (nSPS) is 32.3. The van der Waals surface area contributed by atoms with E-state index >= 15 is 0 Å². The minimum atomic E-state index is -0.932. The van der Waals surface area contributed by atoms with Gasteiger partial charge in [-0.05, 0) is 20.3 Å². The van der Waals surface area contributed by atoms with Crippen molar-refractivity contribution in [2.24, 2.45) is 11.1 Å². The summed E-state index contributed by atoms with van der Waals surface area (Å²) in [6, 6.07) is 0. The zero-order valence-electron chi connectivity index (χ0n) is 12.7. The third kappa shape index (κ3) is 2.64. The van der Waals surface area contributed by atoms with Gasteiger partial charge in [-0.25, -0.2) is 0 Å². The molecule has 4 N–H and O–H groups in total. The number of ether oxygens (including phenoxy) is 1. The van der Waals surface area contributed by atoms with Gasteiger partial charge in [0.15, 0.2) is 0 Å². The molecule has 0 aromatic heterocycles. The van der Waals surface area contributed by atoms with Crippen LogP contribution in [0.5, 0.6) is 0 Å². The van der Waals surface area contributed by atoms with Crippen LogP contribution >= 0.6 is 0 Å². The number of hydrogen-bond acceptors (Lipinski definition) is 4. The topological polar surface area (TPSA) is 84.6 Å². The zero-order valence-corrected chi connectivity index (χ0v) is 12.7. The molecular weight excluding hydrogens is 244 g/mol. The zero-order chi connectivity index (χ0) is 14.9. The van der Waals surface area contributed by atoms with Crippen molar-refractivity contribution in [1.82, 2.24) is 5.32 Å². The molecule has 1 rings (SSSR count). The number of rotatable bonds is 6. The summed E-state index contributed by atoms with van der Waals surface area (Å²) in [5.41, 5.74) is 4.34. The Labute approximate surface area is 115 Å². The lowest BCUT2D eigenvalue weighted by Crippen LogP contribution is -2.77. The van der Waals surface area contributed by atoms with E-state index in [0.717, 1.165) is 0 Å². The Morgan fingerprint density at radius 1 is 1.53 bits per heavy atom. The molecule has 0 bridgehead atoms. The first-order valence-corrected chi connectivity index (χ1v) is 7.01. The lowest BCUT2D eigenvalue weighted by molar-refractivity contribution is -0.172. The molecule has 0 heterocycles. The molecule has 0 aliphatic heterocycles. The first-order valence-electron chi connectivity index (χ1n) is 7.01. The van der Waals surface area contributed by atoms with Crippen LogP contribution in [0.4, 0.5) is 0 Å². The number of carbonyl (C=O) groups excluding carboxylic acids is 1. The molecular formula is C14H28N2O3. The second-order valence-corrected chi connectivity index (χ2v) is 6.37. The van der Waals surface area contributed by atoms with Gasteiger partial charge in [-0.3, -0.25) is 4.79 Å². The molecule has 1 aliphatic carbocycles. The van der Waals surface area contributed by atoms with Gasteiger partial charge in [0.25, 0.3) is 0 Å². The highest BCUT2D eigenvalue weighted by Gasteiger charge is 2.63. The Hall–Kier alpha value is -0.650. The summed E-state index contributed by atoms with van der Waals surface area (Å²) < 4.78 is 5.61. The Balaban J connectivity index is 2.78. The number of amides is 1. The summed E-state index contributed by atoms with van der Waals surface area (Å²) in [6.45, 7) is 10.1. The fourth-order valence-electron chi connectivity index (χ4n) is 2.45. The van der Waals surface area contributed by atoms with Crippen LogP contribution in [0.15, 0.2) is 0 Å². The average Bonchev–Trinajstić information content (AvgIpc) is 2.37. The molecule has 19 heavy (non-hydrogen) atoms. The number of aliphatic hydroxyl groups is 1. The maximum Gasteiger partial charge on any atom is 0.241 e. The van der Waals surface area contributed by atoms with Gasteiger partial charge in [0.05, 0.1) is 18.2 Å². The second kappa shape index (κ2) is 5.38. The molecule has 5 heteroatoms. The lowest BCUT2D eigenvalue weighted by Gasteiger charge is -2.58. The van der Waals surface area contributed by atoms with Crippen molar-refractivity contribution in [3.63, 3.8) is 0 Å². The summed E-state index contributed by atoms with van der Waals surface area (Å²) in [5, 5.41) is 12.3. The minimum Gasteiger partial charge on any atom is -0.394 e. The highest BCUT2D eigenvalue weighted by Crippen LogP contribution is 2.50. The predicted octanol–water partition coefficient (Wildman–Crippen LogP) is 0.796. The number of nitrogens with one attached hydrogen (secondary N) is 1. The molecule has 0 radical (unpaired) electrons. The quantitative estimate of drug-likeness (QED) is 0.667. The first-order chi connectivity index (χ1) is 8.66. The summed E-state index contributed by atoms with van der Waals surface area (Å²) in [7, 11) is 0. The molecule has 1 fully saturated rings. The maximum absolute atomic E-state index is 12.4. The Morgan fingerprint density at radius 2 is 2.11 bits per heavy atom. The molecule has 0 aromatic carbocycles. The van der Waals surface area contributed by atoms with Crippen molar-refractivity contribution in [3.05, 3.63) is 0 Å². The highest BCUT2D eigenvalue weighted by atomic mass is 16.5. The fraction of sp³-hybridized carbons (Fsp3) is 0.929. The molecule has 112 valence electrons. The van der Waals surface area contributed by atoms with E-state index in [1.54, 1.807) is 0 Å². The molecule has 0 saturated heterocycles. The van der Waals surface area contributed by atoms with Gasteiger partial charge < -0.3 is 20.9 Å². The standard InChI is InChI=1S/C14H28N2O3/c1-6-13(5,9-17)16-11(18)14(15)8-10(19-7-2)12(14,3)4/h10,17H,6-9,15H2,1-5H3,(H,16,18). The van der Waals surface area contributed by atoms with Gasteiger partial charge >= 0.3 is 0 Å². The van der Waals surface area contributed by atoms with E-state index in [1.165, 1.54) is 0 Å². The van der Waals surface area contributed by atoms with E-state index in [1.807, 2.05) is 34.6 Å². The van der Waals surface area contributed by atoms with Crippen LogP contribution in [0, 0.1) is 5.41 Å². The van der Waals surface area contributed by atoms with Crippen LogP contribution in [0.2, 0.25) is 0 Å². The summed E-state index contributed by atoms with van der Waals surface area (Å²) in [4.78, 5) is 12.4. The Bertz CT molecular complexity index is 340. The SMILES string of the molecule is CCOC1CC(N)(C(=O)NC(C)(CC)CO)C1(C)C. The van der Waals surface area contributed by atoms with Gasteiger partial charge in [-0.2, -0.15) is 0 Å². The predicted molar refractivity (Wildman–Crippen MR) is 74.7 cm³/mol. The van der Waals surface area contributed by atoms with Crippen LogP contribution in [-0.2, 0) is 9.53 Å². The van der Waals surface area contributed by atoms with Crippen molar-refractivity contribution in [1.29, 1.82) is 0 Å². The monoisotopic (exact) mass is 272 g/mol. The van der Waals surface area contributed by atoms with Crippen molar-refractivity contribution in [2.75, 3.05) is 13.2 Å². The van der Waals surface area contributed by atoms with Gasteiger partial charge in [0.2, 0.25) is 5.91 Å². The van der Waals surface area contributed by atoms with Gasteiger partial charge in [-0.1, -0.05) is 20.8 Å². The molecule has 0 spiro atoms. The fourth-order valence-corrected chi connectivity index (χ4v) is 2.45. The smallest absolute Gasteiger partial charge is 0.241 e. The van der Waals surface area contributed by atoms with Gasteiger partial charge in [0.1, 0.15) is 5.54 Å². The van der Waals surface area contributed by atoms with E-state index in [9.17, 15) is 9.90 Å². The van der Waals surface area contributed by atoms with Gasteiger partial charge in [0, 0.05) is 18.4 Å². The van der Waals surface area contributed by atoms with Crippen LogP contribution in [-0.4, -0.2) is 41.4 Å². The Kier molecular flexibility index (Phi) is 4.65. The summed E-state index contributed by atoms with van der Waals surface area (Å²) in [5.74, 6) is -0.202. The second-order valence-electron chi connectivity index (χ2n) is 6.37. The van der Waals surface area contributed by atoms with Crippen LogP contribution in [0.1, 0.15) is 47.5 Å². The van der Waals surface area contributed by atoms with Gasteiger partial charge in [-0.15, -0.1) is 0 Å². The average molecular weight is 272 g/mol. The third-order valence-electron chi connectivity index (χ3n) is 4.78. The van der Waals surface area contributed by atoms with Crippen molar-refractivity contribution in [2.45, 2.75) is 64.6 Å². The first kappa shape index (κ1) is 16.4. The van der Waals surface area contributed by atoms with Crippen molar-refractivity contribution in [3.8, 4) is 0 Å². The largest absolute Gasteiger partial charge is 0.394 e. The maximum atomic E-state index is 12.4. The molecule has 3 atom stereocenters. The number of aliphatic hydroxyl groups excluding tert-OH is 1. The molecule has 1 saturated carbocycles. The number of hydrogen-bond donors (Lipinski definition) is 3. The van der Waals surface area contributed by atoms with E-state index in [0.29, 0.717) is 19.4 Å². The number of carbonyl (C=O) groups is 1. The third-order valence-corrected chi connectivity index (χ3v) is 4.78. The van der Waals surface area contributed by atoms with Crippen LogP contribution in [0.3, 0.4) is 0 Å². The summed E-state index contributed by atoms with van der Waals surface area (Å²) >= 11 is 0. The van der Waals surface area contributed by atoms with E-state index in [2.05, 4.69) is 5.32 Å². The minimum absolute atomic E-state index is 0.00950. The lowest BCUT2D eigenvalue weighted by atomic mass is 9.54. The number of nitrogens with two attached hydrogens (primary N) is 1.